The minimum absolute atomic E-state index is 0.0413. The maximum absolute atomic E-state index is 13.2. The number of hydrogen-bond donors (Lipinski definition) is 1. The molecule has 1 aliphatic heterocycles. The van der Waals surface area contributed by atoms with Gasteiger partial charge in [0, 0.05) is 34.9 Å². The van der Waals surface area contributed by atoms with Crippen molar-refractivity contribution in [2.24, 2.45) is 0 Å². The molecule has 3 aromatic rings. The summed E-state index contributed by atoms with van der Waals surface area (Å²) in [6.45, 7) is 2.86. The second kappa shape index (κ2) is 10.6. The van der Waals surface area contributed by atoms with Gasteiger partial charge in [0.2, 0.25) is 0 Å². The van der Waals surface area contributed by atoms with Crippen LogP contribution in [-0.4, -0.2) is 36.5 Å². The first-order valence-corrected chi connectivity index (χ1v) is 11.6. The molecule has 0 saturated heterocycles. The van der Waals surface area contributed by atoms with Gasteiger partial charge in [-0.15, -0.1) is 0 Å². The fraction of sp³-hybridized carbons (Fsp3) is 0.259. The van der Waals surface area contributed by atoms with Crippen molar-refractivity contribution in [3.63, 3.8) is 0 Å². The minimum atomic E-state index is -0.548. The van der Waals surface area contributed by atoms with Crippen molar-refractivity contribution in [1.29, 1.82) is 0 Å². The van der Waals surface area contributed by atoms with Gasteiger partial charge in [-0.1, -0.05) is 36.7 Å². The number of rotatable bonds is 7. The summed E-state index contributed by atoms with van der Waals surface area (Å²) in [5, 5.41) is 3.49. The zero-order valence-electron chi connectivity index (χ0n) is 19.2. The van der Waals surface area contributed by atoms with Crippen molar-refractivity contribution >= 4 is 29.1 Å². The predicted molar refractivity (Wildman–Crippen MR) is 133 cm³/mol. The molecule has 34 heavy (non-hydrogen) atoms. The van der Waals surface area contributed by atoms with Crippen LogP contribution in [0.3, 0.4) is 0 Å². The Hall–Kier alpha value is -3.51. The average Bonchev–Trinajstić information content (AvgIpc) is 2.99. The summed E-state index contributed by atoms with van der Waals surface area (Å²) in [5.74, 6) is 1.19. The number of nitrogens with zero attached hydrogens (tertiary/aromatic N) is 1. The van der Waals surface area contributed by atoms with Crippen LogP contribution in [0.25, 0.3) is 0 Å². The van der Waals surface area contributed by atoms with Crippen molar-refractivity contribution < 1.29 is 19.1 Å². The lowest BCUT2D eigenvalue weighted by atomic mass is 10.1. The molecule has 6 nitrogen and oxygen atoms in total. The van der Waals surface area contributed by atoms with Crippen molar-refractivity contribution in [2.75, 3.05) is 19.0 Å². The molecule has 0 bridgehead atoms. The monoisotopic (exact) mass is 478 g/mol. The van der Waals surface area contributed by atoms with E-state index in [0.717, 1.165) is 16.9 Å². The normalized spacial score (nSPS) is 15.2. The minimum Gasteiger partial charge on any atom is -0.496 e. The van der Waals surface area contributed by atoms with E-state index in [9.17, 15) is 9.59 Å². The maximum Gasteiger partial charge on any atom is 0.263 e. The van der Waals surface area contributed by atoms with Crippen molar-refractivity contribution in [2.45, 2.75) is 32.4 Å². The Kier molecular flexibility index (Phi) is 7.38. The van der Waals surface area contributed by atoms with Gasteiger partial charge in [0.15, 0.2) is 6.10 Å². The Morgan fingerprint density at radius 2 is 1.91 bits per heavy atom. The molecule has 176 valence electrons. The molecule has 1 atom stereocenters. The molecule has 7 heteroatoms. The third-order valence-electron chi connectivity index (χ3n) is 5.86. The van der Waals surface area contributed by atoms with Crippen LogP contribution in [0.5, 0.6) is 11.5 Å². The average molecular weight is 479 g/mol. The number of fused-ring (bicyclic) bond motifs is 1. The molecular formula is C27H27ClN2O4. The van der Waals surface area contributed by atoms with Gasteiger partial charge < -0.3 is 19.7 Å². The Bertz CT molecular complexity index is 1180. The fourth-order valence-corrected chi connectivity index (χ4v) is 4.13. The van der Waals surface area contributed by atoms with Crippen LogP contribution in [0.2, 0.25) is 5.02 Å². The highest BCUT2D eigenvalue weighted by atomic mass is 35.5. The van der Waals surface area contributed by atoms with E-state index < -0.39 is 6.10 Å². The highest BCUT2D eigenvalue weighted by Crippen LogP contribution is 2.30. The molecule has 0 aromatic heterocycles. The number of carbonyl (C=O) groups excluding carboxylic acids is 2. The first kappa shape index (κ1) is 23.6. The third-order valence-corrected chi connectivity index (χ3v) is 6.11. The van der Waals surface area contributed by atoms with E-state index >= 15 is 0 Å². The molecule has 2 amide bonds. The Morgan fingerprint density at radius 1 is 1.15 bits per heavy atom. The summed E-state index contributed by atoms with van der Waals surface area (Å²) < 4.78 is 11.5. The van der Waals surface area contributed by atoms with E-state index in [1.807, 2.05) is 48.2 Å². The molecule has 0 spiro atoms. The standard InChI is InChI=1S/C27H27ClN2O4/c1-3-23-27(32)30(15-14-18-6-4-5-7-24(18)33-2)17-20-16-22(12-13-25(20)34-23)29-26(31)19-8-10-21(28)11-9-19/h4-13,16,23H,3,14-15,17H2,1-2H3,(H,29,31). The molecule has 0 saturated carbocycles. The first-order valence-electron chi connectivity index (χ1n) is 11.3. The quantitative estimate of drug-likeness (QED) is 0.497. The highest BCUT2D eigenvalue weighted by molar-refractivity contribution is 6.30. The van der Waals surface area contributed by atoms with Crippen LogP contribution in [0.15, 0.2) is 66.7 Å². The number of hydrogen-bond acceptors (Lipinski definition) is 4. The topological polar surface area (TPSA) is 67.9 Å². The lowest BCUT2D eigenvalue weighted by Crippen LogP contribution is -2.40. The number of benzene rings is 3. The van der Waals surface area contributed by atoms with Gasteiger partial charge >= 0.3 is 0 Å². The van der Waals surface area contributed by atoms with Gasteiger partial charge in [-0.25, -0.2) is 0 Å². The molecule has 4 rings (SSSR count). The zero-order chi connectivity index (χ0) is 24.1. The molecule has 0 aliphatic carbocycles. The van der Waals surface area contributed by atoms with E-state index in [1.54, 1.807) is 37.4 Å². The molecular weight excluding hydrogens is 452 g/mol. The number of anilines is 1. The summed E-state index contributed by atoms with van der Waals surface area (Å²) >= 11 is 5.92. The van der Waals surface area contributed by atoms with E-state index in [1.165, 1.54) is 0 Å². The molecule has 1 N–H and O–H groups in total. The third kappa shape index (κ3) is 5.34. The van der Waals surface area contributed by atoms with Crippen LogP contribution in [0.4, 0.5) is 5.69 Å². The summed E-state index contributed by atoms with van der Waals surface area (Å²) in [6.07, 6.45) is 0.681. The fourth-order valence-electron chi connectivity index (χ4n) is 4.00. The SMILES string of the molecule is CCC1Oc2ccc(NC(=O)c3ccc(Cl)cc3)cc2CN(CCc2ccccc2OC)C1=O. The number of carbonyl (C=O) groups is 2. The summed E-state index contributed by atoms with van der Waals surface area (Å²) in [5.41, 5.74) is 3.03. The van der Waals surface area contributed by atoms with E-state index in [2.05, 4.69) is 5.32 Å². The van der Waals surface area contributed by atoms with Crippen molar-refractivity contribution in [3.8, 4) is 11.5 Å². The molecule has 0 fully saturated rings. The largest absolute Gasteiger partial charge is 0.496 e. The van der Waals surface area contributed by atoms with E-state index in [-0.39, 0.29) is 11.8 Å². The zero-order valence-corrected chi connectivity index (χ0v) is 20.0. The van der Waals surface area contributed by atoms with Gasteiger partial charge in [-0.05, 0) is 66.9 Å². The van der Waals surface area contributed by atoms with Crippen LogP contribution < -0.4 is 14.8 Å². The Labute approximate surface area is 204 Å². The molecule has 1 heterocycles. The molecule has 3 aromatic carbocycles. The first-order chi connectivity index (χ1) is 16.5. The number of para-hydroxylation sites is 1. The number of halogens is 1. The second-order valence-corrected chi connectivity index (χ2v) is 8.56. The number of methoxy groups -OCH3 is 1. The number of ether oxygens (including phenoxy) is 2. The lowest BCUT2D eigenvalue weighted by Gasteiger charge is -2.23. The van der Waals surface area contributed by atoms with Gasteiger partial charge in [0.1, 0.15) is 11.5 Å². The smallest absolute Gasteiger partial charge is 0.263 e. The van der Waals surface area contributed by atoms with Crippen molar-refractivity contribution in [3.05, 3.63) is 88.4 Å². The molecule has 0 radical (unpaired) electrons. The Balaban J connectivity index is 1.54. The highest BCUT2D eigenvalue weighted by Gasteiger charge is 2.30. The van der Waals surface area contributed by atoms with Crippen LogP contribution in [0, 0.1) is 0 Å². The number of amides is 2. The summed E-state index contributed by atoms with van der Waals surface area (Å²) in [7, 11) is 1.65. The Morgan fingerprint density at radius 3 is 2.65 bits per heavy atom. The lowest BCUT2D eigenvalue weighted by molar-refractivity contribution is -0.138. The second-order valence-electron chi connectivity index (χ2n) is 8.12. The maximum atomic E-state index is 13.2. The van der Waals surface area contributed by atoms with E-state index in [4.69, 9.17) is 21.1 Å². The summed E-state index contributed by atoms with van der Waals surface area (Å²) in [4.78, 5) is 27.6. The van der Waals surface area contributed by atoms with Crippen LogP contribution in [-0.2, 0) is 17.8 Å². The van der Waals surface area contributed by atoms with Gasteiger partial charge in [0.05, 0.1) is 7.11 Å². The van der Waals surface area contributed by atoms with Crippen LogP contribution in [0.1, 0.15) is 34.8 Å². The van der Waals surface area contributed by atoms with Crippen molar-refractivity contribution in [1.82, 2.24) is 4.90 Å². The number of nitrogens with one attached hydrogen (secondary N) is 1. The van der Waals surface area contributed by atoms with Gasteiger partial charge in [-0.3, -0.25) is 9.59 Å². The van der Waals surface area contributed by atoms with Crippen LogP contribution >= 0.6 is 11.6 Å². The van der Waals surface area contributed by atoms with E-state index in [0.29, 0.717) is 48.0 Å². The van der Waals surface area contributed by atoms with Gasteiger partial charge in [0.25, 0.3) is 11.8 Å². The summed E-state index contributed by atoms with van der Waals surface area (Å²) in [6, 6.07) is 20.0. The van der Waals surface area contributed by atoms with Gasteiger partial charge in [-0.2, -0.15) is 0 Å². The molecule has 1 aliphatic rings. The predicted octanol–water partition coefficient (Wildman–Crippen LogP) is 5.34. The molecule has 1 unspecified atom stereocenters.